The minimum Gasteiger partial charge on any atom is -0.492 e. The van der Waals surface area contributed by atoms with Crippen molar-refractivity contribution in [3.05, 3.63) is 53.1 Å². The number of carbonyl (C=O) groups is 1. The number of fused-ring (bicyclic) bond motifs is 2. The summed E-state index contributed by atoms with van der Waals surface area (Å²) in [6, 6.07) is 12.4. The maximum absolute atomic E-state index is 13.6. The van der Waals surface area contributed by atoms with Gasteiger partial charge in [0.2, 0.25) is 5.91 Å². The average Bonchev–Trinajstić information content (AvgIpc) is 2.96. The summed E-state index contributed by atoms with van der Waals surface area (Å²) >= 11 is 6.32. The number of nitrogens with zero attached hydrogens (tertiary/aromatic N) is 2. The van der Waals surface area contributed by atoms with Crippen LogP contribution in [-0.2, 0) is 24.8 Å². The zero-order valence-electron chi connectivity index (χ0n) is 18.5. The van der Waals surface area contributed by atoms with E-state index in [0.29, 0.717) is 30.6 Å². The van der Waals surface area contributed by atoms with E-state index in [1.54, 1.807) is 24.3 Å². The number of ether oxygens (including phenoxy) is 2. The van der Waals surface area contributed by atoms with Crippen molar-refractivity contribution in [2.45, 2.75) is 29.2 Å². The standard InChI is InChI=1S/C24H27ClN2O5S/c1-33(29,30)20-5-3-19(4-6-20)32-13-12-26-10-8-24(9-11-26)21-14-17(25)2-7-22(21)27(23(24)28)18-15-31-16-18/h2-7,14,18H,8-13,15-16H2,1H3. The molecule has 0 bridgehead atoms. The van der Waals surface area contributed by atoms with Crippen molar-refractivity contribution in [2.24, 2.45) is 0 Å². The van der Waals surface area contributed by atoms with Crippen molar-refractivity contribution < 1.29 is 22.7 Å². The molecule has 0 saturated carbocycles. The number of carbonyl (C=O) groups excluding carboxylic acids is 1. The lowest BCUT2D eigenvalue weighted by Crippen LogP contribution is -2.55. The molecule has 1 amide bonds. The highest BCUT2D eigenvalue weighted by Gasteiger charge is 2.54. The highest BCUT2D eigenvalue weighted by Crippen LogP contribution is 2.50. The second-order valence-corrected chi connectivity index (χ2v) is 11.5. The van der Waals surface area contributed by atoms with Crippen molar-refractivity contribution >= 4 is 33.0 Å². The number of rotatable bonds is 6. The number of benzene rings is 2. The molecule has 2 fully saturated rings. The summed E-state index contributed by atoms with van der Waals surface area (Å²) in [6.45, 7) is 3.98. The van der Waals surface area contributed by atoms with Gasteiger partial charge >= 0.3 is 0 Å². The van der Waals surface area contributed by atoms with E-state index < -0.39 is 15.3 Å². The number of sulfone groups is 1. The average molecular weight is 491 g/mol. The van der Waals surface area contributed by atoms with Crippen molar-refractivity contribution in [2.75, 3.05) is 50.6 Å². The number of amides is 1. The quantitative estimate of drug-likeness (QED) is 0.619. The molecule has 0 aliphatic carbocycles. The number of piperidine rings is 1. The first-order chi connectivity index (χ1) is 15.8. The van der Waals surface area contributed by atoms with Gasteiger partial charge in [0.05, 0.1) is 29.6 Å². The van der Waals surface area contributed by atoms with Gasteiger partial charge in [-0.3, -0.25) is 9.69 Å². The van der Waals surface area contributed by atoms with Crippen LogP contribution in [-0.4, -0.2) is 71.0 Å². The SMILES string of the molecule is CS(=O)(=O)c1ccc(OCCN2CCC3(CC2)C(=O)N(C2COC2)c2ccc(Cl)cc23)cc1. The molecular formula is C24H27ClN2O5S. The summed E-state index contributed by atoms with van der Waals surface area (Å²) in [5, 5.41) is 0.658. The zero-order chi connectivity index (χ0) is 23.2. The van der Waals surface area contributed by atoms with Crippen molar-refractivity contribution in [3.63, 3.8) is 0 Å². The first-order valence-corrected chi connectivity index (χ1v) is 13.4. The van der Waals surface area contributed by atoms with Gasteiger partial charge in [0.1, 0.15) is 12.4 Å². The molecule has 3 heterocycles. The van der Waals surface area contributed by atoms with Crippen LogP contribution in [0.3, 0.4) is 0 Å². The Morgan fingerprint density at radius 3 is 2.42 bits per heavy atom. The van der Waals surface area contributed by atoms with Crippen molar-refractivity contribution in [1.82, 2.24) is 4.90 Å². The molecule has 9 heteroatoms. The molecule has 0 unspecified atom stereocenters. The summed E-state index contributed by atoms with van der Waals surface area (Å²) in [6.07, 6.45) is 2.67. The topological polar surface area (TPSA) is 76.2 Å². The molecule has 3 aliphatic rings. The second-order valence-electron chi connectivity index (χ2n) is 9.04. The predicted molar refractivity (Wildman–Crippen MR) is 126 cm³/mol. The fraction of sp³-hybridized carbons (Fsp3) is 0.458. The maximum Gasteiger partial charge on any atom is 0.238 e. The second kappa shape index (κ2) is 8.58. The third-order valence-electron chi connectivity index (χ3n) is 6.99. The summed E-state index contributed by atoms with van der Waals surface area (Å²) in [5.74, 6) is 0.818. The summed E-state index contributed by atoms with van der Waals surface area (Å²) in [4.78, 5) is 18.2. The number of hydrogen-bond donors (Lipinski definition) is 0. The molecule has 5 rings (SSSR count). The molecule has 0 atom stereocenters. The fourth-order valence-electron chi connectivity index (χ4n) is 5.01. The van der Waals surface area contributed by atoms with Gasteiger partial charge in [0.25, 0.3) is 0 Å². The van der Waals surface area contributed by atoms with Crippen LogP contribution in [0.2, 0.25) is 5.02 Å². The van der Waals surface area contributed by atoms with Gasteiger partial charge in [-0.1, -0.05) is 11.6 Å². The lowest BCUT2D eigenvalue weighted by molar-refractivity contribution is -0.127. The Morgan fingerprint density at radius 1 is 1.12 bits per heavy atom. The highest BCUT2D eigenvalue weighted by atomic mass is 35.5. The van der Waals surface area contributed by atoms with E-state index in [9.17, 15) is 13.2 Å². The van der Waals surface area contributed by atoms with Crippen LogP contribution in [0.15, 0.2) is 47.4 Å². The molecule has 0 N–H and O–H groups in total. The first-order valence-electron chi connectivity index (χ1n) is 11.1. The van der Waals surface area contributed by atoms with E-state index in [-0.39, 0.29) is 16.8 Å². The van der Waals surface area contributed by atoms with Crippen LogP contribution >= 0.6 is 11.6 Å². The first kappa shape index (κ1) is 22.7. The van der Waals surface area contributed by atoms with Gasteiger partial charge < -0.3 is 14.4 Å². The molecule has 2 aromatic rings. The van der Waals surface area contributed by atoms with E-state index in [0.717, 1.165) is 43.7 Å². The number of halogens is 1. The summed E-state index contributed by atoms with van der Waals surface area (Å²) < 4.78 is 34.3. The van der Waals surface area contributed by atoms with E-state index in [2.05, 4.69) is 4.90 Å². The van der Waals surface area contributed by atoms with Gasteiger partial charge in [-0.05, 0) is 74.0 Å². The molecule has 7 nitrogen and oxygen atoms in total. The van der Waals surface area contributed by atoms with Gasteiger partial charge in [-0.2, -0.15) is 0 Å². The minimum absolute atomic E-state index is 0.109. The largest absolute Gasteiger partial charge is 0.492 e. The minimum atomic E-state index is -3.21. The van der Waals surface area contributed by atoms with Crippen molar-refractivity contribution in [1.29, 1.82) is 0 Å². The van der Waals surface area contributed by atoms with Crippen LogP contribution in [0, 0.1) is 0 Å². The Bertz CT molecular complexity index is 1160. The molecule has 176 valence electrons. The Labute approximate surface area is 199 Å². The van der Waals surface area contributed by atoms with Gasteiger partial charge in [-0.25, -0.2) is 8.42 Å². The Hall–Kier alpha value is -2.13. The number of anilines is 1. The normalized spacial score (nSPS) is 20.7. The summed E-state index contributed by atoms with van der Waals surface area (Å²) in [7, 11) is -3.21. The molecule has 33 heavy (non-hydrogen) atoms. The lowest BCUT2D eigenvalue weighted by Gasteiger charge is -2.40. The summed E-state index contributed by atoms with van der Waals surface area (Å²) in [5.41, 5.74) is 1.51. The fourth-order valence-corrected chi connectivity index (χ4v) is 5.81. The molecule has 1 spiro atoms. The van der Waals surface area contributed by atoms with Crippen LogP contribution in [0.25, 0.3) is 0 Å². The van der Waals surface area contributed by atoms with E-state index in [1.807, 2.05) is 23.1 Å². The number of likely N-dealkylation sites (tertiary alicyclic amines) is 1. The van der Waals surface area contributed by atoms with Gasteiger partial charge in [-0.15, -0.1) is 0 Å². The van der Waals surface area contributed by atoms with Crippen molar-refractivity contribution in [3.8, 4) is 5.75 Å². The highest BCUT2D eigenvalue weighted by molar-refractivity contribution is 7.90. The molecule has 3 aliphatic heterocycles. The van der Waals surface area contributed by atoms with E-state index in [4.69, 9.17) is 21.1 Å². The predicted octanol–water partition coefficient (Wildman–Crippen LogP) is 2.90. The molecule has 2 saturated heterocycles. The molecule has 2 aromatic carbocycles. The van der Waals surface area contributed by atoms with Crippen LogP contribution in [0.4, 0.5) is 5.69 Å². The molecule has 0 aromatic heterocycles. The van der Waals surface area contributed by atoms with Gasteiger partial charge in [0, 0.05) is 23.5 Å². The third-order valence-corrected chi connectivity index (χ3v) is 8.35. The lowest BCUT2D eigenvalue weighted by atomic mass is 9.73. The van der Waals surface area contributed by atoms with Crippen LogP contribution < -0.4 is 9.64 Å². The van der Waals surface area contributed by atoms with Crippen LogP contribution in [0.5, 0.6) is 5.75 Å². The smallest absolute Gasteiger partial charge is 0.238 e. The Morgan fingerprint density at radius 2 is 1.82 bits per heavy atom. The number of hydrogen-bond acceptors (Lipinski definition) is 6. The zero-order valence-corrected chi connectivity index (χ0v) is 20.1. The molecule has 0 radical (unpaired) electrons. The monoisotopic (exact) mass is 490 g/mol. The van der Waals surface area contributed by atoms with Crippen LogP contribution in [0.1, 0.15) is 18.4 Å². The van der Waals surface area contributed by atoms with E-state index in [1.165, 1.54) is 6.26 Å². The maximum atomic E-state index is 13.6. The van der Waals surface area contributed by atoms with E-state index >= 15 is 0 Å². The Balaban J connectivity index is 1.22. The molecular weight excluding hydrogens is 464 g/mol. The third kappa shape index (κ3) is 4.14. The van der Waals surface area contributed by atoms with Gasteiger partial charge in [0.15, 0.2) is 9.84 Å². The Kier molecular flexibility index (Phi) is 5.89.